The van der Waals surface area contributed by atoms with Crippen LogP contribution < -0.4 is 26.5 Å². The minimum atomic E-state index is -0.366. The van der Waals surface area contributed by atoms with Crippen LogP contribution in [0.4, 0.5) is 0 Å². The average molecular weight is 2110 g/mol. The molecule has 3 heterocycles. The molecule has 0 atom stereocenters. The summed E-state index contributed by atoms with van der Waals surface area (Å²) in [5, 5.41) is 21.8. The van der Waals surface area contributed by atoms with Crippen molar-refractivity contribution in [2.75, 3.05) is 24.6 Å². The van der Waals surface area contributed by atoms with Crippen LogP contribution in [-0.4, -0.2) is 39.6 Å². The van der Waals surface area contributed by atoms with E-state index >= 15 is 0 Å². The first-order valence-corrected chi connectivity index (χ1v) is 43.7. The van der Waals surface area contributed by atoms with Gasteiger partial charge >= 0.3 is 67.1 Å². The van der Waals surface area contributed by atoms with Crippen LogP contribution in [-0.2, 0) is 67.1 Å². The van der Waals surface area contributed by atoms with Crippen molar-refractivity contribution in [2.24, 2.45) is 0 Å². The summed E-state index contributed by atoms with van der Waals surface area (Å²) >= 11 is 0. The van der Waals surface area contributed by atoms with Crippen molar-refractivity contribution >= 4 is 115 Å². The molecular formula is C109H78Au3N3P3+3. The van der Waals surface area contributed by atoms with E-state index in [1.807, 2.05) is 127 Å². The van der Waals surface area contributed by atoms with Gasteiger partial charge in [0, 0.05) is 0 Å². The minimum absolute atomic E-state index is 0. The molecule has 0 spiro atoms. The number of hydrogen-bond acceptors (Lipinski definition) is 3. The molecule has 20 aromatic rings. The maximum absolute atomic E-state index is 4.86. The van der Waals surface area contributed by atoms with Crippen LogP contribution >= 0.6 is 23.8 Å². The van der Waals surface area contributed by atoms with E-state index in [9.17, 15) is 0 Å². The molecule has 17 aromatic carbocycles. The van der Waals surface area contributed by atoms with Crippen molar-refractivity contribution in [2.45, 2.75) is 0 Å². The molecule has 0 aliphatic rings. The maximum Gasteiger partial charge on any atom is 3.00 e. The van der Waals surface area contributed by atoms with Gasteiger partial charge in [-0.3, -0.25) is 0 Å². The monoisotopic (exact) mass is 2110 g/mol. The van der Waals surface area contributed by atoms with E-state index < -0.39 is 0 Å². The van der Waals surface area contributed by atoms with Crippen molar-refractivity contribution in [3.05, 3.63) is 461 Å². The summed E-state index contributed by atoms with van der Waals surface area (Å²) in [5.41, 5.74) is 11.6. The average Bonchev–Trinajstić information content (AvgIpc) is 0.806. The van der Waals surface area contributed by atoms with Gasteiger partial charge in [0.1, 0.15) is 0 Å². The van der Waals surface area contributed by atoms with Gasteiger partial charge in [-0.1, -0.05) is 392 Å². The molecule has 0 fully saturated rings. The standard InChI is InChI=1S/C34H33P3.3C25H15N.3Au/c1-6-16-30(17-7-1)35(26-28-36(31-18-8-2-9-19-31)32-20-10-3-11-21-32)27-29-37(33-22-12-4-13-23-33)34-24-14-5-15-25-34;3*1-3-8-20-16-22(14-12-18(20)6-1)24-10-5-11-25(26-24)23-15-13-19-7-2-4-9-21(19)17-23;;;/h1-25H,26-29H2;3*1-13,16-17H;;;/q;3*-2;3*+3. The van der Waals surface area contributed by atoms with Gasteiger partial charge in [0.05, 0.1) is 0 Å². The van der Waals surface area contributed by atoms with Crippen LogP contribution in [0.2, 0.25) is 0 Å². The van der Waals surface area contributed by atoms with E-state index in [4.69, 9.17) is 15.0 Å². The van der Waals surface area contributed by atoms with Crippen molar-refractivity contribution < 1.29 is 67.1 Å². The molecular weight excluding hydrogens is 2040 g/mol. The molecule has 0 radical (unpaired) electrons. The van der Waals surface area contributed by atoms with Crippen molar-refractivity contribution in [3.8, 4) is 67.5 Å². The van der Waals surface area contributed by atoms with Gasteiger partial charge in [0.15, 0.2) is 0 Å². The van der Waals surface area contributed by atoms with Gasteiger partial charge in [-0.05, 0) is 101 Å². The Labute approximate surface area is 743 Å². The third-order valence-corrected chi connectivity index (χ3v) is 28.8. The van der Waals surface area contributed by atoms with Crippen molar-refractivity contribution in [1.82, 2.24) is 15.0 Å². The molecule has 0 aliphatic heterocycles. The van der Waals surface area contributed by atoms with Crippen LogP contribution in [0.15, 0.2) is 425 Å². The summed E-state index contributed by atoms with van der Waals surface area (Å²) in [4.78, 5) is 14.6. The summed E-state index contributed by atoms with van der Waals surface area (Å²) < 4.78 is 0. The summed E-state index contributed by atoms with van der Waals surface area (Å²) in [6.07, 6.45) is 5.00. The summed E-state index contributed by atoms with van der Waals surface area (Å²) in [6, 6.07) is 170. The molecule has 118 heavy (non-hydrogen) atoms. The first-order chi connectivity index (χ1) is 57.0. The Morgan fingerprint density at radius 1 is 0.169 bits per heavy atom. The number of fused-ring (bicyclic) bond motifs is 6. The second-order valence-electron chi connectivity index (χ2n) is 28.0. The van der Waals surface area contributed by atoms with E-state index in [2.05, 4.69) is 334 Å². The van der Waals surface area contributed by atoms with Crippen molar-refractivity contribution in [1.29, 1.82) is 0 Å². The third kappa shape index (κ3) is 21.0. The number of nitrogens with zero attached hydrogens (tertiary/aromatic N) is 3. The largest absolute Gasteiger partial charge is 3.00 e. The summed E-state index contributed by atoms with van der Waals surface area (Å²) in [6.45, 7) is 0. The Kier molecular flexibility index (Phi) is 29.5. The molecule has 0 saturated carbocycles. The van der Waals surface area contributed by atoms with Crippen LogP contribution in [0.5, 0.6) is 0 Å². The molecule has 574 valence electrons. The molecule has 0 bridgehead atoms. The topological polar surface area (TPSA) is 38.7 Å². The molecule has 0 saturated heterocycles. The summed E-state index contributed by atoms with van der Waals surface area (Å²) in [5.74, 6) is 0. The fourth-order valence-electron chi connectivity index (χ4n) is 14.5. The van der Waals surface area contributed by atoms with Crippen molar-refractivity contribution in [3.63, 3.8) is 0 Å². The van der Waals surface area contributed by atoms with Gasteiger partial charge in [0.25, 0.3) is 0 Å². The molecule has 0 amide bonds. The van der Waals surface area contributed by atoms with E-state index in [0.29, 0.717) is 0 Å². The van der Waals surface area contributed by atoms with Crippen LogP contribution in [0.1, 0.15) is 0 Å². The minimum Gasteiger partial charge on any atom is -0.345 e. The molecule has 9 heteroatoms. The molecule has 3 aromatic heterocycles. The Bertz CT molecular complexity index is 5740. The van der Waals surface area contributed by atoms with Gasteiger partial charge in [-0.25, -0.2) is 0 Å². The first-order valence-electron chi connectivity index (χ1n) is 38.9. The second kappa shape index (κ2) is 41.6. The Hall–Kier alpha value is -10.7. The molecule has 3 nitrogen and oxygen atoms in total. The van der Waals surface area contributed by atoms with E-state index in [1.54, 1.807) is 5.30 Å². The summed E-state index contributed by atoms with van der Waals surface area (Å²) in [7, 11) is -0.982. The van der Waals surface area contributed by atoms with Gasteiger partial charge in [-0.15, -0.1) is 175 Å². The van der Waals surface area contributed by atoms with E-state index in [0.717, 1.165) is 67.5 Å². The quantitative estimate of drug-likeness (QED) is 0.0518. The van der Waals surface area contributed by atoms with Gasteiger partial charge < -0.3 is 15.0 Å². The van der Waals surface area contributed by atoms with E-state index in [-0.39, 0.29) is 90.9 Å². The van der Waals surface area contributed by atoms with Crippen LogP contribution in [0, 0.1) is 36.4 Å². The third-order valence-electron chi connectivity index (χ3n) is 20.6. The Morgan fingerprint density at radius 2 is 0.339 bits per heavy atom. The smallest absolute Gasteiger partial charge is 0.345 e. The molecule has 0 N–H and O–H groups in total. The van der Waals surface area contributed by atoms with Gasteiger partial charge in [0.2, 0.25) is 0 Å². The Morgan fingerprint density at radius 3 is 0.534 bits per heavy atom. The number of aromatic nitrogens is 3. The molecule has 0 unspecified atom stereocenters. The Balaban J connectivity index is 0.000000130. The predicted molar refractivity (Wildman–Crippen MR) is 494 cm³/mol. The zero-order chi connectivity index (χ0) is 77.2. The first kappa shape index (κ1) is 83.7. The number of rotatable bonds is 17. The maximum atomic E-state index is 4.86. The zero-order valence-corrected chi connectivity index (χ0v) is 73.5. The SMILES string of the molecule is [Au+3].[Au+3].[Au+3].[c-]1cc2ccccc2cc1-c1cccc(-c2[c-]cc3ccccc3c2)n1.[c-]1cc2ccccc2cc1-c1cccc(-c2[c-]cc3ccccc3c2)n1.[c-]1cc2ccccc2cc1-c1cccc(-c2[c-]cc3ccccc3c2)n1.c1ccc(P(CCP(c2ccccc2)c2ccccc2)CCP(c2ccccc2)c2ccccc2)cc1. The van der Waals surface area contributed by atoms with Gasteiger partial charge in [-0.2, -0.15) is 0 Å². The normalized spacial score (nSPS) is 10.9. The second-order valence-corrected chi connectivity index (χ2v) is 35.2. The van der Waals surface area contributed by atoms with E-state index in [1.165, 1.54) is 111 Å². The van der Waals surface area contributed by atoms with Crippen LogP contribution in [0.25, 0.3) is 132 Å². The zero-order valence-electron chi connectivity index (χ0n) is 64.3. The molecule has 20 rings (SSSR count). The number of pyridine rings is 3. The fraction of sp³-hybridized carbons (Fsp3) is 0.0367. The fourth-order valence-corrected chi connectivity index (χ4v) is 23.2. The predicted octanol–water partition coefficient (Wildman–Crippen LogP) is 26.0. The molecule has 0 aliphatic carbocycles. The number of hydrogen-bond donors (Lipinski definition) is 0. The van der Waals surface area contributed by atoms with Crippen LogP contribution in [0.3, 0.4) is 0 Å². The number of benzene rings is 17.